The fraction of sp³-hybridized carbons (Fsp3) is 0.462. The van der Waals surface area contributed by atoms with Gasteiger partial charge in [0.15, 0.2) is 0 Å². The van der Waals surface area contributed by atoms with E-state index in [0.29, 0.717) is 13.0 Å². The second-order valence-corrected chi connectivity index (χ2v) is 8.48. The summed E-state index contributed by atoms with van der Waals surface area (Å²) in [4.78, 5) is 25.4. The van der Waals surface area contributed by atoms with E-state index >= 15 is 0 Å². The zero-order chi connectivity index (χ0) is 20.6. The first-order valence-electron chi connectivity index (χ1n) is 10.9. The number of amides is 1. The Bertz CT molecular complexity index is 738. The van der Waals surface area contributed by atoms with Gasteiger partial charge < -0.3 is 5.32 Å². The molecule has 2 aromatic rings. The minimum atomic E-state index is -0.139. The van der Waals surface area contributed by atoms with Gasteiger partial charge in [-0.2, -0.15) is 0 Å². The highest BCUT2D eigenvalue weighted by Crippen LogP contribution is 2.33. The van der Waals surface area contributed by atoms with Crippen LogP contribution in [0.2, 0.25) is 0 Å². The van der Waals surface area contributed by atoms with Crippen molar-refractivity contribution in [1.29, 1.82) is 0 Å². The highest BCUT2D eigenvalue weighted by Gasteiger charge is 2.36. The van der Waals surface area contributed by atoms with Gasteiger partial charge in [-0.25, -0.2) is 0 Å². The number of Topliss-reactive ketones (excluding diaryl/α,β-unsaturated/α-hetero) is 1. The van der Waals surface area contributed by atoms with Crippen molar-refractivity contribution < 1.29 is 9.59 Å². The molecule has 0 aliphatic heterocycles. The predicted molar refractivity (Wildman–Crippen MR) is 118 cm³/mol. The van der Waals surface area contributed by atoms with Crippen LogP contribution in [0.3, 0.4) is 0 Å². The maximum absolute atomic E-state index is 12.8. The Morgan fingerprint density at radius 3 is 2.00 bits per heavy atom. The monoisotopic (exact) mass is 391 g/mol. The lowest BCUT2D eigenvalue weighted by Crippen LogP contribution is -2.36. The highest BCUT2D eigenvalue weighted by atomic mass is 16.2. The molecule has 2 aromatic carbocycles. The van der Waals surface area contributed by atoms with Gasteiger partial charge in [-0.3, -0.25) is 9.59 Å². The number of carbonyl (C=O) groups excluding carboxylic acids is 2. The smallest absolute Gasteiger partial charge is 0.223 e. The summed E-state index contributed by atoms with van der Waals surface area (Å²) in [5.74, 6) is 0.104. The first-order valence-corrected chi connectivity index (χ1v) is 10.9. The Morgan fingerprint density at radius 2 is 1.38 bits per heavy atom. The fourth-order valence-electron chi connectivity index (χ4n) is 4.28. The van der Waals surface area contributed by atoms with Crippen LogP contribution in [0.5, 0.6) is 0 Å². The fourth-order valence-corrected chi connectivity index (χ4v) is 4.28. The quantitative estimate of drug-likeness (QED) is 0.656. The van der Waals surface area contributed by atoms with E-state index in [-0.39, 0.29) is 23.5 Å². The molecule has 3 heteroatoms. The molecule has 0 heterocycles. The summed E-state index contributed by atoms with van der Waals surface area (Å²) < 4.78 is 0. The van der Waals surface area contributed by atoms with E-state index in [4.69, 9.17) is 0 Å². The molecule has 1 aliphatic carbocycles. The topological polar surface area (TPSA) is 46.2 Å². The standard InChI is InChI=1S/C26H33NO2/c1-19-9-13-21(14-10-19)5-3-8-25(28)23-6-4-7-24(23)26(29)27-18-17-22-15-11-20(2)12-16-22/h9-16,23-24H,3-8,17-18H2,1-2H3,(H,27,29)/t23-,24-/m1/s1. The molecule has 1 amide bonds. The molecule has 29 heavy (non-hydrogen) atoms. The first-order chi connectivity index (χ1) is 14.0. The van der Waals surface area contributed by atoms with Crippen molar-refractivity contribution >= 4 is 11.7 Å². The third kappa shape index (κ3) is 6.28. The SMILES string of the molecule is Cc1ccc(CCCC(=O)[C@@H]2CCC[C@H]2C(=O)NCCc2ccc(C)cc2)cc1. The number of nitrogens with one attached hydrogen (secondary N) is 1. The van der Waals surface area contributed by atoms with Crippen LogP contribution in [-0.2, 0) is 22.4 Å². The van der Waals surface area contributed by atoms with Gasteiger partial charge in [-0.15, -0.1) is 0 Å². The van der Waals surface area contributed by atoms with E-state index in [1.54, 1.807) is 0 Å². The van der Waals surface area contributed by atoms with Crippen molar-refractivity contribution in [2.24, 2.45) is 11.8 Å². The Labute approximate surface area is 174 Å². The number of rotatable bonds is 9. The third-order valence-corrected chi connectivity index (χ3v) is 6.11. The van der Waals surface area contributed by atoms with Crippen molar-refractivity contribution in [3.8, 4) is 0 Å². The van der Waals surface area contributed by atoms with Crippen LogP contribution in [0.15, 0.2) is 48.5 Å². The Hall–Kier alpha value is -2.42. The van der Waals surface area contributed by atoms with E-state index < -0.39 is 0 Å². The lowest BCUT2D eigenvalue weighted by Gasteiger charge is -2.18. The van der Waals surface area contributed by atoms with Gasteiger partial charge >= 0.3 is 0 Å². The molecule has 0 bridgehead atoms. The van der Waals surface area contributed by atoms with E-state index in [0.717, 1.165) is 38.5 Å². The zero-order valence-electron chi connectivity index (χ0n) is 17.7. The van der Waals surface area contributed by atoms with Crippen molar-refractivity contribution in [2.75, 3.05) is 6.54 Å². The van der Waals surface area contributed by atoms with Crippen LogP contribution >= 0.6 is 0 Å². The van der Waals surface area contributed by atoms with Gasteiger partial charge in [0.2, 0.25) is 5.91 Å². The van der Waals surface area contributed by atoms with Gasteiger partial charge in [0.1, 0.15) is 5.78 Å². The molecule has 0 aromatic heterocycles. The van der Waals surface area contributed by atoms with Crippen molar-refractivity contribution in [3.05, 3.63) is 70.8 Å². The average Bonchev–Trinajstić information content (AvgIpc) is 3.21. The van der Waals surface area contributed by atoms with E-state index in [9.17, 15) is 9.59 Å². The summed E-state index contributed by atoms with van der Waals surface area (Å²) in [5.41, 5.74) is 5.01. The summed E-state index contributed by atoms with van der Waals surface area (Å²) >= 11 is 0. The first kappa shape index (κ1) is 21.3. The Morgan fingerprint density at radius 1 is 0.828 bits per heavy atom. The van der Waals surface area contributed by atoms with Gasteiger partial charge in [0.25, 0.3) is 0 Å². The number of benzene rings is 2. The molecule has 0 radical (unpaired) electrons. The van der Waals surface area contributed by atoms with E-state index in [1.165, 1.54) is 22.3 Å². The zero-order valence-corrected chi connectivity index (χ0v) is 17.7. The molecule has 1 N–H and O–H groups in total. The van der Waals surface area contributed by atoms with Crippen molar-refractivity contribution in [3.63, 3.8) is 0 Å². The van der Waals surface area contributed by atoms with Gasteiger partial charge in [-0.05, 0) is 57.1 Å². The molecular weight excluding hydrogens is 358 g/mol. The molecule has 0 unspecified atom stereocenters. The lowest BCUT2D eigenvalue weighted by atomic mass is 9.88. The van der Waals surface area contributed by atoms with Crippen molar-refractivity contribution in [2.45, 2.75) is 58.8 Å². The van der Waals surface area contributed by atoms with Crippen LogP contribution in [0, 0.1) is 25.7 Å². The summed E-state index contributed by atoms with van der Waals surface area (Å²) in [5, 5.41) is 3.07. The molecule has 3 rings (SSSR count). The van der Waals surface area contributed by atoms with Crippen LogP contribution < -0.4 is 5.32 Å². The third-order valence-electron chi connectivity index (χ3n) is 6.11. The number of hydrogen-bond acceptors (Lipinski definition) is 2. The molecule has 0 spiro atoms. The number of aryl methyl sites for hydroxylation is 3. The maximum atomic E-state index is 12.8. The molecule has 2 atom stereocenters. The molecule has 1 saturated carbocycles. The Balaban J connectivity index is 1.42. The summed E-state index contributed by atoms with van der Waals surface area (Å²) in [6, 6.07) is 16.9. The molecule has 1 aliphatic rings. The maximum Gasteiger partial charge on any atom is 0.223 e. The van der Waals surface area contributed by atoms with Crippen LogP contribution in [0.4, 0.5) is 0 Å². The van der Waals surface area contributed by atoms with Gasteiger partial charge in [0.05, 0.1) is 0 Å². The molecular formula is C26H33NO2. The van der Waals surface area contributed by atoms with Crippen LogP contribution in [0.25, 0.3) is 0 Å². The number of carbonyl (C=O) groups is 2. The number of hydrogen-bond donors (Lipinski definition) is 1. The summed E-state index contributed by atoms with van der Waals surface area (Å²) in [6.45, 7) is 4.79. The summed E-state index contributed by atoms with van der Waals surface area (Å²) in [6.07, 6.45) is 5.86. The van der Waals surface area contributed by atoms with Gasteiger partial charge in [0, 0.05) is 24.8 Å². The van der Waals surface area contributed by atoms with E-state index in [1.807, 2.05) is 0 Å². The average molecular weight is 392 g/mol. The normalized spacial score (nSPS) is 18.6. The Kier molecular flexibility index (Phi) is 7.62. The summed E-state index contributed by atoms with van der Waals surface area (Å²) in [7, 11) is 0. The minimum Gasteiger partial charge on any atom is -0.356 e. The molecule has 154 valence electrons. The van der Waals surface area contributed by atoms with E-state index in [2.05, 4.69) is 67.7 Å². The lowest BCUT2D eigenvalue weighted by molar-refractivity contribution is -0.132. The predicted octanol–water partition coefficient (Wildman–Crippen LogP) is 4.97. The molecule has 1 fully saturated rings. The second-order valence-electron chi connectivity index (χ2n) is 8.48. The molecule has 0 saturated heterocycles. The molecule has 3 nitrogen and oxygen atoms in total. The highest BCUT2D eigenvalue weighted by molar-refractivity contribution is 5.89. The number of ketones is 1. The largest absolute Gasteiger partial charge is 0.356 e. The van der Waals surface area contributed by atoms with Gasteiger partial charge in [-0.1, -0.05) is 66.1 Å². The van der Waals surface area contributed by atoms with Crippen LogP contribution in [-0.4, -0.2) is 18.2 Å². The van der Waals surface area contributed by atoms with Crippen molar-refractivity contribution in [1.82, 2.24) is 5.32 Å². The van der Waals surface area contributed by atoms with Crippen LogP contribution in [0.1, 0.15) is 54.4 Å². The second kappa shape index (κ2) is 10.4. The minimum absolute atomic E-state index is 0.0616.